The van der Waals surface area contributed by atoms with E-state index in [1.54, 1.807) is 0 Å². The van der Waals surface area contributed by atoms with E-state index in [-0.39, 0.29) is 0 Å². The van der Waals surface area contributed by atoms with Crippen molar-refractivity contribution in [3.63, 3.8) is 0 Å². The van der Waals surface area contributed by atoms with Crippen molar-refractivity contribution in [2.75, 3.05) is 7.11 Å². The topological polar surface area (TPSA) is 94.5 Å². The number of aromatic amines is 1. The van der Waals surface area contributed by atoms with Crippen LogP contribution in [0.4, 0.5) is 18.9 Å². The Morgan fingerprint density at radius 1 is 1.47 bits per heavy atom. The Kier molecular flexibility index (Phi) is 3.25. The molecule has 10 heteroatoms. The van der Waals surface area contributed by atoms with Gasteiger partial charge in [-0.05, 0) is 0 Å². The molecule has 94 valence electrons. The Morgan fingerprint density at radius 3 is 2.47 bits per heavy atom. The molecule has 0 radical (unpaired) electrons. The first-order valence-corrected chi connectivity index (χ1v) is 3.96. The summed E-state index contributed by atoms with van der Waals surface area (Å²) in [5.41, 5.74) is -2.12. The molecule has 0 atom stereocenters. The molecule has 17 heavy (non-hydrogen) atoms. The molecule has 0 aliphatic heterocycles. The summed E-state index contributed by atoms with van der Waals surface area (Å²) in [5.74, 6) is -1.98. The molecule has 1 heterocycles. The van der Waals surface area contributed by atoms with Crippen LogP contribution in [0.15, 0.2) is 10.9 Å². The molecular weight excluding hydrogens is 249 g/mol. The van der Waals surface area contributed by atoms with E-state index < -0.39 is 34.2 Å². The lowest BCUT2D eigenvalue weighted by molar-refractivity contribution is -0.389. The fraction of sp³-hybridized carbons (Fsp3) is 0.286. The third-order valence-corrected chi connectivity index (χ3v) is 1.56. The van der Waals surface area contributed by atoms with Gasteiger partial charge in [-0.3, -0.25) is 19.9 Å². The van der Waals surface area contributed by atoms with Gasteiger partial charge in [-0.1, -0.05) is 0 Å². The highest BCUT2D eigenvalue weighted by Crippen LogP contribution is 2.37. The average molecular weight is 254 g/mol. The Morgan fingerprint density at radius 2 is 2.06 bits per heavy atom. The quantitative estimate of drug-likeness (QED) is 0.645. The predicted octanol–water partition coefficient (Wildman–Crippen LogP) is 1.19. The van der Waals surface area contributed by atoms with Crippen molar-refractivity contribution in [1.82, 2.24) is 4.98 Å². The zero-order valence-electron chi connectivity index (χ0n) is 8.20. The van der Waals surface area contributed by atoms with E-state index in [0.717, 1.165) is 7.11 Å². The van der Waals surface area contributed by atoms with Crippen LogP contribution in [0.1, 0.15) is 0 Å². The minimum Gasteiger partial charge on any atom is -0.479 e. The van der Waals surface area contributed by atoms with Crippen LogP contribution in [-0.4, -0.2) is 23.4 Å². The first-order valence-electron chi connectivity index (χ1n) is 3.96. The summed E-state index contributed by atoms with van der Waals surface area (Å²) in [7, 11) is 0.929. The van der Waals surface area contributed by atoms with Crippen molar-refractivity contribution in [1.29, 1.82) is 0 Å². The maximum Gasteiger partial charge on any atom is 0.573 e. The second-order valence-corrected chi connectivity index (χ2v) is 2.69. The van der Waals surface area contributed by atoms with Gasteiger partial charge < -0.3 is 9.47 Å². The number of nitrogens with one attached hydrogen (secondary N) is 1. The van der Waals surface area contributed by atoms with Crippen molar-refractivity contribution in [2.45, 2.75) is 6.36 Å². The summed E-state index contributed by atoms with van der Waals surface area (Å²) in [5, 5.41) is 10.5. The van der Waals surface area contributed by atoms with E-state index in [9.17, 15) is 28.1 Å². The van der Waals surface area contributed by atoms with Gasteiger partial charge in [0.25, 0.3) is 11.3 Å². The Balaban J connectivity index is 3.42. The molecule has 0 aliphatic rings. The maximum absolute atomic E-state index is 12.0. The van der Waals surface area contributed by atoms with Crippen LogP contribution in [-0.2, 0) is 0 Å². The Labute approximate surface area is 90.9 Å². The molecule has 0 bridgehead atoms. The molecule has 1 aromatic heterocycles. The maximum atomic E-state index is 12.0. The second kappa shape index (κ2) is 4.31. The highest BCUT2D eigenvalue weighted by molar-refractivity contribution is 5.51. The fourth-order valence-electron chi connectivity index (χ4n) is 1.00. The lowest BCUT2D eigenvalue weighted by atomic mass is 10.3. The number of hydrogen-bond donors (Lipinski definition) is 1. The van der Waals surface area contributed by atoms with Gasteiger partial charge in [-0.25, -0.2) is 0 Å². The number of hydrogen-bond acceptors (Lipinski definition) is 5. The number of H-pyrrole nitrogens is 1. The van der Waals surface area contributed by atoms with E-state index in [1.165, 1.54) is 0 Å². The standard InChI is InChI=1S/C7H5F3N2O5/c1-16-6-5(17-7(8,9)10)3(12(14)15)2-4(13)11-6/h2H,1H3,(H,11,13). The third-order valence-electron chi connectivity index (χ3n) is 1.56. The van der Waals surface area contributed by atoms with Crippen LogP contribution < -0.4 is 15.0 Å². The van der Waals surface area contributed by atoms with E-state index >= 15 is 0 Å². The number of alkyl halides is 3. The number of ether oxygens (including phenoxy) is 2. The van der Waals surface area contributed by atoms with E-state index in [2.05, 4.69) is 9.47 Å². The van der Waals surface area contributed by atoms with Gasteiger partial charge in [-0.2, -0.15) is 0 Å². The first kappa shape index (κ1) is 12.8. The summed E-state index contributed by atoms with van der Waals surface area (Å²) < 4.78 is 43.8. The average Bonchev–Trinajstić information content (AvgIpc) is 2.17. The van der Waals surface area contributed by atoms with Crippen LogP contribution >= 0.6 is 0 Å². The van der Waals surface area contributed by atoms with Crippen LogP contribution in [0.3, 0.4) is 0 Å². The zero-order chi connectivity index (χ0) is 13.2. The summed E-state index contributed by atoms with van der Waals surface area (Å²) in [6.07, 6.45) is -5.14. The molecule has 0 saturated heterocycles. The predicted molar refractivity (Wildman–Crippen MR) is 47.0 cm³/mol. The van der Waals surface area contributed by atoms with E-state index in [4.69, 9.17) is 0 Å². The number of nitrogens with zero attached hydrogens (tertiary/aromatic N) is 1. The first-order chi connectivity index (χ1) is 7.74. The number of aromatic nitrogens is 1. The molecule has 1 N–H and O–H groups in total. The minimum absolute atomic E-state index is 0.365. The van der Waals surface area contributed by atoms with Crippen molar-refractivity contribution in [3.8, 4) is 11.6 Å². The number of rotatable bonds is 3. The van der Waals surface area contributed by atoms with Crippen molar-refractivity contribution < 1.29 is 27.6 Å². The monoisotopic (exact) mass is 254 g/mol. The molecule has 0 amide bonds. The Bertz CT molecular complexity index is 495. The van der Waals surface area contributed by atoms with Crippen LogP contribution in [0.25, 0.3) is 0 Å². The highest BCUT2D eigenvalue weighted by atomic mass is 19.4. The molecule has 0 aliphatic carbocycles. The van der Waals surface area contributed by atoms with Crippen LogP contribution in [0, 0.1) is 10.1 Å². The van der Waals surface area contributed by atoms with Crippen LogP contribution in [0.5, 0.6) is 11.6 Å². The zero-order valence-corrected chi connectivity index (χ0v) is 8.20. The number of pyridine rings is 1. The van der Waals surface area contributed by atoms with Crippen molar-refractivity contribution in [3.05, 3.63) is 26.5 Å². The summed E-state index contributed by atoms with van der Waals surface area (Å²) >= 11 is 0. The van der Waals surface area contributed by atoms with Gasteiger partial charge >= 0.3 is 12.0 Å². The van der Waals surface area contributed by atoms with E-state index in [1.807, 2.05) is 4.98 Å². The number of methoxy groups -OCH3 is 1. The largest absolute Gasteiger partial charge is 0.573 e. The smallest absolute Gasteiger partial charge is 0.479 e. The lowest BCUT2D eigenvalue weighted by Crippen LogP contribution is -2.20. The second-order valence-electron chi connectivity index (χ2n) is 2.69. The normalized spacial score (nSPS) is 11.1. The van der Waals surface area contributed by atoms with Gasteiger partial charge in [0.2, 0.25) is 5.88 Å². The van der Waals surface area contributed by atoms with Crippen molar-refractivity contribution in [2.24, 2.45) is 0 Å². The van der Waals surface area contributed by atoms with Gasteiger partial charge in [0.15, 0.2) is 0 Å². The molecule has 7 nitrogen and oxygen atoms in total. The third kappa shape index (κ3) is 3.09. The SMILES string of the molecule is COc1[nH]c(=O)cc([N+](=O)[O-])c1OC(F)(F)F. The lowest BCUT2D eigenvalue weighted by Gasteiger charge is -2.11. The molecule has 1 aromatic rings. The van der Waals surface area contributed by atoms with E-state index in [0.29, 0.717) is 6.07 Å². The molecule has 0 saturated carbocycles. The van der Waals surface area contributed by atoms with Gasteiger partial charge in [0.05, 0.1) is 18.1 Å². The highest BCUT2D eigenvalue weighted by Gasteiger charge is 2.37. The molecule has 0 fully saturated rings. The Hall–Kier alpha value is -2.26. The minimum atomic E-state index is -5.14. The van der Waals surface area contributed by atoms with Crippen LogP contribution in [0.2, 0.25) is 0 Å². The summed E-state index contributed by atoms with van der Waals surface area (Å²) in [6, 6.07) is 0.365. The number of halogens is 3. The summed E-state index contributed by atoms with van der Waals surface area (Å²) in [4.78, 5) is 22.0. The summed E-state index contributed by atoms with van der Waals surface area (Å²) in [6.45, 7) is 0. The fourth-order valence-corrected chi connectivity index (χ4v) is 1.00. The van der Waals surface area contributed by atoms with Crippen molar-refractivity contribution >= 4 is 5.69 Å². The molecule has 1 rings (SSSR count). The molecule has 0 spiro atoms. The number of nitro groups is 1. The molecule has 0 unspecified atom stereocenters. The van der Waals surface area contributed by atoms with Gasteiger partial charge in [0.1, 0.15) is 0 Å². The van der Waals surface area contributed by atoms with Gasteiger partial charge in [0, 0.05) is 0 Å². The van der Waals surface area contributed by atoms with Gasteiger partial charge in [-0.15, -0.1) is 13.2 Å². The molecule has 0 aromatic carbocycles. The molecular formula is C7H5F3N2O5.